The first-order valence-corrected chi connectivity index (χ1v) is 8.32. The van der Waals surface area contributed by atoms with Gasteiger partial charge in [-0.1, -0.05) is 29.8 Å². The Balaban J connectivity index is 1.78. The first kappa shape index (κ1) is 17.1. The van der Waals surface area contributed by atoms with E-state index in [9.17, 15) is 4.79 Å². The Morgan fingerprint density at radius 3 is 2.39 bits per heavy atom. The number of hydrazone groups is 1. The molecule has 0 aromatic heterocycles. The molecular weight excluding hydrogens is 306 g/mol. The van der Waals surface area contributed by atoms with Crippen LogP contribution in [0.25, 0.3) is 0 Å². The highest BCUT2D eigenvalue weighted by Crippen LogP contribution is 2.17. The number of hydrogen-bond donors (Lipinski definition) is 1. The van der Waals surface area contributed by atoms with E-state index in [4.69, 9.17) is 0 Å². The van der Waals surface area contributed by atoms with E-state index in [2.05, 4.69) is 10.5 Å². The Hall–Kier alpha value is -2.27. The van der Waals surface area contributed by atoms with Gasteiger partial charge in [0.2, 0.25) is 5.91 Å². The number of thioether (sulfide) groups is 1. The Morgan fingerprint density at radius 1 is 1.13 bits per heavy atom. The van der Waals surface area contributed by atoms with Crippen LogP contribution in [0.5, 0.6) is 0 Å². The van der Waals surface area contributed by atoms with E-state index in [1.54, 1.807) is 6.21 Å². The fourth-order valence-electron chi connectivity index (χ4n) is 1.85. The quantitative estimate of drug-likeness (QED) is 0.503. The van der Waals surface area contributed by atoms with Crippen molar-refractivity contribution in [2.24, 2.45) is 5.10 Å². The number of aryl methyl sites for hydroxylation is 1. The second kappa shape index (κ2) is 8.39. The molecule has 0 aliphatic heterocycles. The van der Waals surface area contributed by atoms with E-state index in [0.29, 0.717) is 5.75 Å². The summed E-state index contributed by atoms with van der Waals surface area (Å²) in [6.45, 7) is 2.04. The van der Waals surface area contributed by atoms with Gasteiger partial charge in [0, 0.05) is 24.7 Å². The van der Waals surface area contributed by atoms with E-state index < -0.39 is 0 Å². The van der Waals surface area contributed by atoms with Crippen molar-refractivity contribution in [3.63, 3.8) is 0 Å². The second-order valence-corrected chi connectivity index (χ2v) is 6.43. The fraction of sp³-hybridized carbons (Fsp3) is 0.222. The predicted molar refractivity (Wildman–Crippen MR) is 98.4 cm³/mol. The van der Waals surface area contributed by atoms with Crippen LogP contribution < -0.4 is 10.3 Å². The second-order valence-electron chi connectivity index (χ2n) is 5.38. The van der Waals surface area contributed by atoms with Gasteiger partial charge in [-0.3, -0.25) is 4.79 Å². The van der Waals surface area contributed by atoms with Crippen LogP contribution in [0, 0.1) is 6.92 Å². The van der Waals surface area contributed by atoms with Gasteiger partial charge in [0.1, 0.15) is 0 Å². The minimum absolute atomic E-state index is 0.114. The van der Waals surface area contributed by atoms with Gasteiger partial charge in [0.15, 0.2) is 0 Å². The van der Waals surface area contributed by atoms with Gasteiger partial charge in [-0.25, -0.2) is 5.43 Å². The third kappa shape index (κ3) is 5.79. The van der Waals surface area contributed by atoms with Crippen molar-refractivity contribution in [2.75, 3.05) is 24.7 Å². The first-order chi connectivity index (χ1) is 11.0. The molecule has 0 heterocycles. The third-order valence-electron chi connectivity index (χ3n) is 3.20. The smallest absolute Gasteiger partial charge is 0.250 e. The van der Waals surface area contributed by atoms with Crippen molar-refractivity contribution in [3.8, 4) is 0 Å². The van der Waals surface area contributed by atoms with E-state index in [1.165, 1.54) is 17.3 Å². The molecule has 0 saturated carbocycles. The number of anilines is 1. The van der Waals surface area contributed by atoms with Gasteiger partial charge in [-0.2, -0.15) is 5.10 Å². The highest BCUT2D eigenvalue weighted by atomic mass is 32.2. The fourth-order valence-corrected chi connectivity index (χ4v) is 2.54. The molecular formula is C18H21N3OS. The topological polar surface area (TPSA) is 44.7 Å². The number of carbonyl (C=O) groups is 1. The van der Waals surface area contributed by atoms with Crippen molar-refractivity contribution in [1.29, 1.82) is 0 Å². The number of nitrogens with one attached hydrogen (secondary N) is 1. The Morgan fingerprint density at radius 2 is 1.78 bits per heavy atom. The van der Waals surface area contributed by atoms with Crippen molar-refractivity contribution >= 4 is 29.6 Å². The Kier molecular flexibility index (Phi) is 6.23. The zero-order valence-corrected chi connectivity index (χ0v) is 14.4. The lowest BCUT2D eigenvalue weighted by Gasteiger charge is -2.11. The lowest BCUT2D eigenvalue weighted by Crippen LogP contribution is -2.19. The van der Waals surface area contributed by atoms with Crippen molar-refractivity contribution in [2.45, 2.75) is 11.8 Å². The summed E-state index contributed by atoms with van der Waals surface area (Å²) in [4.78, 5) is 14.9. The molecule has 0 bridgehead atoms. The van der Waals surface area contributed by atoms with E-state index >= 15 is 0 Å². The molecule has 1 N–H and O–H groups in total. The Labute approximate surface area is 141 Å². The zero-order chi connectivity index (χ0) is 16.7. The van der Waals surface area contributed by atoms with Crippen LogP contribution in [-0.4, -0.2) is 32.0 Å². The summed E-state index contributed by atoms with van der Waals surface area (Å²) in [5.74, 6) is 0.233. The van der Waals surface area contributed by atoms with Crippen molar-refractivity contribution in [3.05, 3.63) is 59.7 Å². The normalized spacial score (nSPS) is 10.7. The van der Waals surface area contributed by atoms with Crippen LogP contribution in [0.1, 0.15) is 11.1 Å². The lowest BCUT2D eigenvalue weighted by atomic mass is 10.2. The number of amides is 1. The van der Waals surface area contributed by atoms with Crippen LogP contribution in [0.15, 0.2) is 58.5 Å². The van der Waals surface area contributed by atoms with Crippen LogP contribution in [0.3, 0.4) is 0 Å². The average Bonchev–Trinajstić information content (AvgIpc) is 2.55. The third-order valence-corrected chi connectivity index (χ3v) is 4.22. The summed E-state index contributed by atoms with van der Waals surface area (Å²) in [5, 5.41) is 3.99. The molecule has 0 unspecified atom stereocenters. The number of benzene rings is 2. The summed E-state index contributed by atoms with van der Waals surface area (Å²) in [5.41, 5.74) is 5.83. The molecule has 0 aliphatic carbocycles. The summed E-state index contributed by atoms with van der Waals surface area (Å²) >= 11 is 1.50. The summed E-state index contributed by atoms with van der Waals surface area (Å²) in [7, 11) is 3.99. The average molecular weight is 327 g/mol. The first-order valence-electron chi connectivity index (χ1n) is 7.33. The molecule has 2 rings (SSSR count). The van der Waals surface area contributed by atoms with Crippen molar-refractivity contribution in [1.82, 2.24) is 5.43 Å². The minimum Gasteiger partial charge on any atom is -0.378 e. The molecule has 0 fully saturated rings. The predicted octanol–water partition coefficient (Wildman–Crippen LogP) is 3.30. The van der Waals surface area contributed by atoms with Gasteiger partial charge in [-0.05, 0) is 36.8 Å². The molecule has 2 aromatic rings. The Bertz CT molecular complexity index is 664. The van der Waals surface area contributed by atoms with E-state index in [1.807, 2.05) is 74.4 Å². The van der Waals surface area contributed by atoms with Crippen LogP contribution in [-0.2, 0) is 4.79 Å². The molecule has 1 amide bonds. The van der Waals surface area contributed by atoms with Gasteiger partial charge >= 0.3 is 0 Å². The molecule has 120 valence electrons. The molecule has 0 radical (unpaired) electrons. The number of carbonyl (C=O) groups excluding carboxylic acids is 1. The number of nitrogens with zero attached hydrogens (tertiary/aromatic N) is 2. The van der Waals surface area contributed by atoms with Crippen LogP contribution >= 0.6 is 11.8 Å². The highest BCUT2D eigenvalue weighted by Gasteiger charge is 2.01. The molecule has 23 heavy (non-hydrogen) atoms. The largest absolute Gasteiger partial charge is 0.378 e. The van der Waals surface area contributed by atoms with Crippen molar-refractivity contribution < 1.29 is 4.79 Å². The molecule has 0 spiro atoms. The maximum absolute atomic E-state index is 11.8. The molecule has 0 saturated heterocycles. The van der Waals surface area contributed by atoms with Gasteiger partial charge in [-0.15, -0.1) is 11.8 Å². The monoisotopic (exact) mass is 327 g/mol. The standard InChI is InChI=1S/C18H21N3OS/c1-14-4-10-17(11-5-14)23-13-18(22)20-19-12-15-6-8-16(9-7-15)21(2)3/h4-12H,13H2,1-3H3,(H,20,22)/b19-12-. The maximum atomic E-state index is 11.8. The van der Waals surface area contributed by atoms with Gasteiger partial charge < -0.3 is 4.90 Å². The minimum atomic E-state index is -0.114. The van der Waals surface area contributed by atoms with Crippen LogP contribution in [0.4, 0.5) is 5.69 Å². The molecule has 0 aliphatic rings. The molecule has 5 heteroatoms. The lowest BCUT2D eigenvalue weighted by molar-refractivity contribution is -0.118. The SMILES string of the molecule is Cc1ccc(SCC(=O)N/N=C\c2ccc(N(C)C)cc2)cc1. The molecule has 0 atom stereocenters. The number of rotatable bonds is 6. The van der Waals surface area contributed by atoms with E-state index in [0.717, 1.165) is 16.1 Å². The summed E-state index contributed by atoms with van der Waals surface area (Å²) < 4.78 is 0. The summed E-state index contributed by atoms with van der Waals surface area (Å²) in [6, 6.07) is 16.1. The molecule has 4 nitrogen and oxygen atoms in total. The van der Waals surface area contributed by atoms with E-state index in [-0.39, 0.29) is 5.91 Å². The maximum Gasteiger partial charge on any atom is 0.250 e. The zero-order valence-electron chi connectivity index (χ0n) is 13.6. The van der Waals surface area contributed by atoms with Gasteiger partial charge in [0.25, 0.3) is 0 Å². The summed E-state index contributed by atoms with van der Waals surface area (Å²) in [6.07, 6.45) is 1.65. The highest BCUT2D eigenvalue weighted by molar-refractivity contribution is 8.00. The molecule has 2 aromatic carbocycles. The number of hydrogen-bond acceptors (Lipinski definition) is 4. The van der Waals surface area contributed by atoms with Gasteiger partial charge in [0.05, 0.1) is 12.0 Å². The van der Waals surface area contributed by atoms with Crippen LogP contribution in [0.2, 0.25) is 0 Å².